The highest BCUT2D eigenvalue weighted by Gasteiger charge is 2.19. The summed E-state index contributed by atoms with van der Waals surface area (Å²) in [4.78, 5) is 4.96. The number of aromatic nitrogens is 1. The van der Waals surface area contributed by atoms with Gasteiger partial charge in [-0.3, -0.25) is 4.90 Å². The van der Waals surface area contributed by atoms with Crippen LogP contribution < -0.4 is 9.64 Å². The number of hydrogen-bond acceptors (Lipinski definition) is 3. The third-order valence-electron chi connectivity index (χ3n) is 6.29. The molecule has 1 aromatic heterocycles. The normalized spacial score (nSPS) is 15.2. The maximum absolute atomic E-state index is 13.6. The first-order valence-electron chi connectivity index (χ1n) is 10.4. The summed E-state index contributed by atoms with van der Waals surface area (Å²) in [6, 6.07) is 13.4. The van der Waals surface area contributed by atoms with Crippen LogP contribution in [0.25, 0.3) is 10.9 Å². The zero-order valence-electron chi connectivity index (χ0n) is 17.6. The molecule has 0 saturated carbocycles. The van der Waals surface area contributed by atoms with Crippen molar-refractivity contribution in [1.82, 2.24) is 9.47 Å². The highest BCUT2D eigenvalue weighted by molar-refractivity contribution is 5.85. The van der Waals surface area contributed by atoms with Crippen molar-refractivity contribution in [3.8, 4) is 5.75 Å². The van der Waals surface area contributed by atoms with E-state index >= 15 is 0 Å². The lowest BCUT2D eigenvalue weighted by Crippen LogP contribution is -2.46. The Morgan fingerprint density at radius 1 is 1.03 bits per heavy atom. The Bertz CT molecular complexity index is 989. The van der Waals surface area contributed by atoms with Gasteiger partial charge in [0.1, 0.15) is 11.6 Å². The van der Waals surface area contributed by atoms with Crippen molar-refractivity contribution in [2.75, 3.05) is 44.7 Å². The standard InChI is InChI=1S/C24H30FN3O/c1-18-20(21-11-10-19(25)17-23(21)26(18)2)7-6-12-27-13-15-28(16-14-27)22-8-4-5-9-24(22)29-3/h4-5,8-11,17H,6-7,12-16H2,1-3H3. The topological polar surface area (TPSA) is 20.6 Å². The molecule has 0 radical (unpaired) electrons. The molecule has 0 N–H and O–H groups in total. The largest absolute Gasteiger partial charge is 0.495 e. The van der Waals surface area contributed by atoms with Gasteiger partial charge in [-0.15, -0.1) is 0 Å². The lowest BCUT2D eigenvalue weighted by Gasteiger charge is -2.36. The number of aryl methyl sites for hydroxylation is 2. The van der Waals surface area contributed by atoms with Gasteiger partial charge in [-0.05, 0) is 62.2 Å². The molecule has 3 aromatic rings. The van der Waals surface area contributed by atoms with Gasteiger partial charge >= 0.3 is 0 Å². The number of fused-ring (bicyclic) bond motifs is 1. The second kappa shape index (κ2) is 8.46. The van der Waals surface area contributed by atoms with Gasteiger partial charge in [0.05, 0.1) is 18.3 Å². The Labute approximate surface area is 172 Å². The number of nitrogens with zero attached hydrogens (tertiary/aromatic N) is 3. The average molecular weight is 396 g/mol. The van der Waals surface area contributed by atoms with E-state index in [2.05, 4.69) is 33.4 Å². The van der Waals surface area contributed by atoms with E-state index in [1.165, 1.54) is 22.3 Å². The minimum Gasteiger partial charge on any atom is -0.495 e. The van der Waals surface area contributed by atoms with E-state index in [9.17, 15) is 4.39 Å². The molecule has 0 amide bonds. The third kappa shape index (κ3) is 3.97. The molecule has 1 aliphatic heterocycles. The van der Waals surface area contributed by atoms with E-state index in [0.29, 0.717) is 0 Å². The molecule has 0 aliphatic carbocycles. The highest BCUT2D eigenvalue weighted by atomic mass is 19.1. The Balaban J connectivity index is 1.34. The van der Waals surface area contributed by atoms with Crippen molar-refractivity contribution in [2.45, 2.75) is 19.8 Å². The third-order valence-corrected chi connectivity index (χ3v) is 6.29. The van der Waals surface area contributed by atoms with Crippen LogP contribution in [0, 0.1) is 12.7 Å². The first-order valence-corrected chi connectivity index (χ1v) is 10.4. The molecule has 0 atom stereocenters. The first-order chi connectivity index (χ1) is 14.1. The molecule has 0 unspecified atom stereocenters. The van der Waals surface area contributed by atoms with E-state index in [1.54, 1.807) is 19.2 Å². The predicted octanol–water partition coefficient (Wildman–Crippen LogP) is 4.39. The molecule has 154 valence electrons. The number of hydrogen-bond donors (Lipinski definition) is 0. The molecule has 0 spiro atoms. The molecule has 4 nitrogen and oxygen atoms in total. The number of benzene rings is 2. The Hall–Kier alpha value is -2.53. The lowest BCUT2D eigenvalue weighted by atomic mass is 10.1. The van der Waals surface area contributed by atoms with Crippen molar-refractivity contribution in [2.24, 2.45) is 7.05 Å². The zero-order chi connectivity index (χ0) is 20.4. The van der Waals surface area contributed by atoms with Crippen LogP contribution in [0.15, 0.2) is 42.5 Å². The average Bonchev–Trinajstić information content (AvgIpc) is 2.98. The lowest BCUT2D eigenvalue weighted by molar-refractivity contribution is 0.254. The van der Waals surface area contributed by atoms with E-state index < -0.39 is 0 Å². The summed E-state index contributed by atoms with van der Waals surface area (Å²) in [5.41, 5.74) is 4.78. The molecular formula is C24H30FN3O. The van der Waals surface area contributed by atoms with Crippen LogP contribution in [0.1, 0.15) is 17.7 Å². The predicted molar refractivity (Wildman–Crippen MR) is 118 cm³/mol. The Morgan fingerprint density at radius 2 is 1.79 bits per heavy atom. The van der Waals surface area contributed by atoms with Crippen LogP contribution in [0.2, 0.25) is 0 Å². The van der Waals surface area contributed by atoms with Gasteiger partial charge in [0.15, 0.2) is 0 Å². The molecule has 1 saturated heterocycles. The SMILES string of the molecule is COc1ccccc1N1CCN(CCCc2c(C)n(C)c3cc(F)ccc23)CC1. The summed E-state index contributed by atoms with van der Waals surface area (Å²) in [5.74, 6) is 0.779. The van der Waals surface area contributed by atoms with Crippen molar-refractivity contribution in [3.05, 3.63) is 59.5 Å². The van der Waals surface area contributed by atoms with Crippen LogP contribution in [0.5, 0.6) is 5.75 Å². The molecular weight excluding hydrogens is 365 g/mol. The number of ether oxygens (including phenoxy) is 1. The molecule has 4 rings (SSSR count). The van der Waals surface area contributed by atoms with Crippen LogP contribution in [-0.2, 0) is 13.5 Å². The van der Waals surface area contributed by atoms with Crippen LogP contribution in [0.4, 0.5) is 10.1 Å². The molecule has 2 aromatic carbocycles. The summed E-state index contributed by atoms with van der Waals surface area (Å²) in [7, 11) is 3.76. The fourth-order valence-electron chi connectivity index (χ4n) is 4.51. The smallest absolute Gasteiger partial charge is 0.142 e. The maximum Gasteiger partial charge on any atom is 0.142 e. The molecule has 0 bridgehead atoms. The van der Waals surface area contributed by atoms with Gasteiger partial charge in [-0.25, -0.2) is 4.39 Å². The number of para-hydroxylation sites is 2. The minimum atomic E-state index is -0.169. The molecule has 1 aliphatic rings. The summed E-state index contributed by atoms with van der Waals surface area (Å²) < 4.78 is 21.2. The van der Waals surface area contributed by atoms with Crippen LogP contribution in [-0.4, -0.2) is 49.3 Å². The number of piperazine rings is 1. The van der Waals surface area contributed by atoms with Gasteiger partial charge in [0, 0.05) is 44.3 Å². The van der Waals surface area contributed by atoms with E-state index in [4.69, 9.17) is 4.74 Å². The fourth-order valence-corrected chi connectivity index (χ4v) is 4.51. The summed E-state index contributed by atoms with van der Waals surface area (Å²) in [6.07, 6.45) is 2.15. The first kappa shape index (κ1) is 19.8. The maximum atomic E-state index is 13.6. The summed E-state index contributed by atoms with van der Waals surface area (Å²) in [6.45, 7) is 7.41. The second-order valence-corrected chi connectivity index (χ2v) is 7.89. The van der Waals surface area contributed by atoms with E-state index in [-0.39, 0.29) is 5.82 Å². The van der Waals surface area contributed by atoms with Gasteiger partial charge in [0.25, 0.3) is 0 Å². The van der Waals surface area contributed by atoms with Crippen LogP contribution in [0.3, 0.4) is 0 Å². The molecule has 1 fully saturated rings. The number of halogens is 1. The van der Waals surface area contributed by atoms with Gasteiger partial charge in [0.2, 0.25) is 0 Å². The quantitative estimate of drug-likeness (QED) is 0.618. The number of anilines is 1. The highest BCUT2D eigenvalue weighted by Crippen LogP contribution is 2.29. The van der Waals surface area contributed by atoms with Crippen molar-refractivity contribution in [3.63, 3.8) is 0 Å². The van der Waals surface area contributed by atoms with Gasteiger partial charge in [-0.1, -0.05) is 12.1 Å². The Morgan fingerprint density at radius 3 is 2.55 bits per heavy atom. The monoisotopic (exact) mass is 395 g/mol. The Kier molecular flexibility index (Phi) is 5.76. The zero-order valence-corrected chi connectivity index (χ0v) is 17.6. The summed E-state index contributed by atoms with van der Waals surface area (Å²) in [5, 5.41) is 1.19. The van der Waals surface area contributed by atoms with Gasteiger partial charge < -0.3 is 14.2 Å². The van der Waals surface area contributed by atoms with Gasteiger partial charge in [-0.2, -0.15) is 0 Å². The number of methoxy groups -OCH3 is 1. The molecule has 2 heterocycles. The summed E-state index contributed by atoms with van der Waals surface area (Å²) >= 11 is 0. The van der Waals surface area contributed by atoms with Crippen molar-refractivity contribution < 1.29 is 9.13 Å². The fraction of sp³-hybridized carbons (Fsp3) is 0.417. The second-order valence-electron chi connectivity index (χ2n) is 7.89. The van der Waals surface area contributed by atoms with E-state index in [0.717, 1.165) is 56.8 Å². The molecule has 5 heteroatoms. The van der Waals surface area contributed by atoms with Crippen molar-refractivity contribution in [1.29, 1.82) is 0 Å². The van der Waals surface area contributed by atoms with Crippen LogP contribution >= 0.6 is 0 Å². The molecule has 29 heavy (non-hydrogen) atoms. The number of rotatable bonds is 6. The minimum absolute atomic E-state index is 0.169. The van der Waals surface area contributed by atoms with Crippen molar-refractivity contribution >= 4 is 16.6 Å². The van der Waals surface area contributed by atoms with E-state index in [1.807, 2.05) is 25.2 Å².